The molecule has 0 aromatic heterocycles. The van der Waals surface area contributed by atoms with Gasteiger partial charge < -0.3 is 27.9 Å². The highest BCUT2D eigenvalue weighted by molar-refractivity contribution is 7.45. The van der Waals surface area contributed by atoms with Crippen LogP contribution in [0.5, 0.6) is 0 Å². The van der Waals surface area contributed by atoms with Gasteiger partial charge in [-0.15, -0.1) is 0 Å². The molecular formula is C43H82NO8P. The molecule has 2 unspecified atom stereocenters. The summed E-state index contributed by atoms with van der Waals surface area (Å²) in [7, 11) is 1.16. The fourth-order valence-corrected chi connectivity index (χ4v) is 6.48. The Morgan fingerprint density at radius 1 is 0.566 bits per heavy atom. The number of phosphoric acid groups is 1. The molecule has 0 saturated heterocycles. The first-order chi connectivity index (χ1) is 25.5. The third-order valence-electron chi connectivity index (χ3n) is 9.19. The Kier molecular flexibility index (Phi) is 35.1. The molecule has 0 aliphatic carbocycles. The summed E-state index contributed by atoms with van der Waals surface area (Å²) in [5.74, 6) is -0.848. The summed E-state index contributed by atoms with van der Waals surface area (Å²) in [6.45, 7) is 4.17. The van der Waals surface area contributed by atoms with Gasteiger partial charge in [0.2, 0.25) is 0 Å². The van der Waals surface area contributed by atoms with Crippen LogP contribution in [0, 0.1) is 0 Å². The summed E-state index contributed by atoms with van der Waals surface area (Å²) >= 11 is 0. The standard InChI is InChI=1S/C43H82NO8P/c1-6-8-10-12-14-16-18-19-20-21-22-23-24-26-28-30-32-34-36-43(46)52-41(40-51-53(47,48)50-38-37-44(3,4)5)39-49-42(45)35-33-31-29-27-25-17-15-13-11-9-7-2/h13,15,20-21,41H,6-12,14,16-19,22-40H2,1-5H3/b15-13-,21-20-. The van der Waals surface area contributed by atoms with Crippen molar-refractivity contribution in [3.8, 4) is 0 Å². The molecule has 0 heterocycles. The summed E-state index contributed by atoms with van der Waals surface area (Å²) in [5, 5.41) is 0. The summed E-state index contributed by atoms with van der Waals surface area (Å²) in [6, 6.07) is 0. The number of hydrogen-bond acceptors (Lipinski definition) is 8. The lowest BCUT2D eigenvalue weighted by atomic mass is 10.1. The molecule has 53 heavy (non-hydrogen) atoms. The van der Waals surface area contributed by atoms with E-state index >= 15 is 0 Å². The van der Waals surface area contributed by atoms with E-state index in [0.29, 0.717) is 17.4 Å². The first-order valence-corrected chi connectivity index (χ1v) is 23.0. The van der Waals surface area contributed by atoms with Crippen LogP contribution in [-0.2, 0) is 32.7 Å². The average Bonchev–Trinajstić information content (AvgIpc) is 3.10. The van der Waals surface area contributed by atoms with E-state index in [0.717, 1.165) is 70.6 Å². The molecule has 0 bridgehead atoms. The zero-order valence-corrected chi connectivity index (χ0v) is 35.9. The number of quaternary nitrogens is 1. The van der Waals surface area contributed by atoms with E-state index in [1.807, 2.05) is 21.1 Å². The number of hydrogen-bond donors (Lipinski definition) is 0. The van der Waals surface area contributed by atoms with Gasteiger partial charge in [-0.1, -0.05) is 141 Å². The Balaban J connectivity index is 4.34. The molecule has 0 fully saturated rings. The van der Waals surface area contributed by atoms with E-state index in [1.165, 1.54) is 83.5 Å². The van der Waals surface area contributed by atoms with Crippen LogP contribution in [0.3, 0.4) is 0 Å². The molecule has 10 heteroatoms. The number of nitrogens with zero attached hydrogens (tertiary/aromatic N) is 1. The minimum atomic E-state index is -4.62. The highest BCUT2D eigenvalue weighted by atomic mass is 31.2. The van der Waals surface area contributed by atoms with Crippen molar-refractivity contribution in [2.75, 3.05) is 47.5 Å². The van der Waals surface area contributed by atoms with E-state index in [-0.39, 0.29) is 26.1 Å². The van der Waals surface area contributed by atoms with Crippen molar-refractivity contribution in [1.29, 1.82) is 0 Å². The minimum absolute atomic E-state index is 0.0320. The van der Waals surface area contributed by atoms with Gasteiger partial charge in [-0.3, -0.25) is 14.2 Å². The topological polar surface area (TPSA) is 111 Å². The third-order valence-corrected chi connectivity index (χ3v) is 10.2. The van der Waals surface area contributed by atoms with Gasteiger partial charge in [-0.25, -0.2) is 0 Å². The molecule has 0 N–H and O–H groups in total. The average molecular weight is 772 g/mol. The zero-order chi connectivity index (χ0) is 39.3. The predicted molar refractivity (Wildman–Crippen MR) is 218 cm³/mol. The maximum absolute atomic E-state index is 12.7. The van der Waals surface area contributed by atoms with Crippen LogP contribution in [0.25, 0.3) is 0 Å². The predicted octanol–water partition coefficient (Wildman–Crippen LogP) is 11.3. The van der Waals surface area contributed by atoms with Gasteiger partial charge in [-0.05, 0) is 57.8 Å². The van der Waals surface area contributed by atoms with Gasteiger partial charge >= 0.3 is 11.9 Å². The Bertz CT molecular complexity index is 964. The molecule has 9 nitrogen and oxygen atoms in total. The van der Waals surface area contributed by atoms with Gasteiger partial charge in [0.1, 0.15) is 19.8 Å². The molecule has 0 radical (unpaired) electrons. The maximum atomic E-state index is 12.7. The number of carbonyl (C=O) groups is 2. The van der Waals surface area contributed by atoms with Crippen LogP contribution >= 0.6 is 7.82 Å². The second-order valence-corrected chi connectivity index (χ2v) is 17.1. The fraction of sp³-hybridized carbons (Fsp3) is 0.860. The second-order valence-electron chi connectivity index (χ2n) is 15.7. The van der Waals surface area contributed by atoms with Gasteiger partial charge in [0, 0.05) is 12.8 Å². The van der Waals surface area contributed by atoms with E-state index in [1.54, 1.807) is 0 Å². The lowest BCUT2D eigenvalue weighted by molar-refractivity contribution is -0.870. The highest BCUT2D eigenvalue weighted by Gasteiger charge is 2.21. The largest absolute Gasteiger partial charge is 0.756 e. The number of likely N-dealkylation sites (N-methyl/N-ethyl adjacent to an activating group) is 1. The van der Waals surface area contributed by atoms with Gasteiger partial charge in [0.15, 0.2) is 6.10 Å². The van der Waals surface area contributed by atoms with Crippen molar-refractivity contribution in [1.82, 2.24) is 0 Å². The van der Waals surface area contributed by atoms with E-state index in [4.69, 9.17) is 18.5 Å². The number of carbonyl (C=O) groups excluding carboxylic acids is 2. The van der Waals surface area contributed by atoms with Crippen LogP contribution < -0.4 is 4.89 Å². The van der Waals surface area contributed by atoms with Crippen LogP contribution in [0.1, 0.15) is 187 Å². The first-order valence-electron chi connectivity index (χ1n) is 21.5. The molecule has 0 aliphatic heterocycles. The molecular weight excluding hydrogens is 689 g/mol. The molecule has 0 rings (SSSR count). The van der Waals surface area contributed by atoms with Gasteiger partial charge in [0.25, 0.3) is 7.82 Å². The normalized spacial score (nSPS) is 13.8. The van der Waals surface area contributed by atoms with Crippen molar-refractivity contribution < 1.29 is 42.1 Å². The Labute approximate surface area is 326 Å². The van der Waals surface area contributed by atoms with Crippen LogP contribution in [0.2, 0.25) is 0 Å². The number of phosphoric ester groups is 1. The molecule has 312 valence electrons. The van der Waals surface area contributed by atoms with Crippen molar-refractivity contribution in [2.45, 2.75) is 193 Å². The molecule has 0 amide bonds. The number of ether oxygens (including phenoxy) is 2. The number of allylic oxidation sites excluding steroid dienone is 4. The van der Waals surface area contributed by atoms with E-state index in [9.17, 15) is 19.0 Å². The zero-order valence-electron chi connectivity index (χ0n) is 35.0. The van der Waals surface area contributed by atoms with Crippen LogP contribution in [0.4, 0.5) is 0 Å². The second kappa shape index (κ2) is 36.1. The van der Waals surface area contributed by atoms with Gasteiger partial charge in [0.05, 0.1) is 27.7 Å². The van der Waals surface area contributed by atoms with E-state index < -0.39 is 32.5 Å². The highest BCUT2D eigenvalue weighted by Crippen LogP contribution is 2.38. The Morgan fingerprint density at radius 3 is 1.45 bits per heavy atom. The van der Waals surface area contributed by atoms with Gasteiger partial charge in [-0.2, -0.15) is 0 Å². The van der Waals surface area contributed by atoms with Crippen LogP contribution in [-0.4, -0.2) is 70.0 Å². The number of rotatable bonds is 39. The summed E-state index contributed by atoms with van der Waals surface area (Å²) in [4.78, 5) is 37.4. The lowest BCUT2D eigenvalue weighted by Gasteiger charge is -2.28. The SMILES string of the molecule is CCCC/C=C\CCCCCCCC(=O)OCC(COP(=O)([O-])OCC[N+](C)(C)C)OC(=O)CCCCCCCCC/C=C\CCCCCCCCC. The molecule has 0 spiro atoms. The lowest BCUT2D eigenvalue weighted by Crippen LogP contribution is -2.37. The maximum Gasteiger partial charge on any atom is 0.306 e. The Hall–Kier alpha value is -1.51. The summed E-state index contributed by atoms with van der Waals surface area (Å²) in [6.07, 6.45) is 37.7. The van der Waals surface area contributed by atoms with Crippen molar-refractivity contribution in [3.05, 3.63) is 24.3 Å². The summed E-state index contributed by atoms with van der Waals surface area (Å²) in [5.41, 5.74) is 0. The van der Waals surface area contributed by atoms with Crippen LogP contribution in [0.15, 0.2) is 24.3 Å². The molecule has 2 atom stereocenters. The molecule has 0 aromatic rings. The minimum Gasteiger partial charge on any atom is -0.756 e. The van der Waals surface area contributed by atoms with E-state index in [2.05, 4.69) is 38.2 Å². The third kappa shape index (κ3) is 40.0. The van der Waals surface area contributed by atoms with Crippen molar-refractivity contribution >= 4 is 19.8 Å². The van der Waals surface area contributed by atoms with Crippen molar-refractivity contribution in [2.24, 2.45) is 0 Å². The molecule has 0 saturated carbocycles. The monoisotopic (exact) mass is 772 g/mol. The quantitative estimate of drug-likeness (QED) is 0.0200. The number of esters is 2. The summed E-state index contributed by atoms with van der Waals surface area (Å²) < 4.78 is 33.8. The first kappa shape index (κ1) is 51.5. The molecule has 0 aromatic carbocycles. The Morgan fingerprint density at radius 2 is 0.981 bits per heavy atom. The smallest absolute Gasteiger partial charge is 0.306 e. The van der Waals surface area contributed by atoms with Crippen molar-refractivity contribution in [3.63, 3.8) is 0 Å². The number of unbranched alkanes of at least 4 members (excludes halogenated alkanes) is 21. The fourth-order valence-electron chi connectivity index (χ4n) is 5.75. The molecule has 0 aliphatic rings.